The summed E-state index contributed by atoms with van der Waals surface area (Å²) in [6.45, 7) is 0.654. The normalized spacial score (nSPS) is 12.9. The summed E-state index contributed by atoms with van der Waals surface area (Å²) >= 11 is 0. The van der Waals surface area contributed by atoms with Crippen molar-refractivity contribution in [1.82, 2.24) is 15.0 Å². The lowest BCUT2D eigenvalue weighted by Gasteiger charge is -2.06. The Balaban J connectivity index is 2.00. The van der Waals surface area contributed by atoms with Gasteiger partial charge >= 0.3 is 0 Å². The van der Waals surface area contributed by atoms with Gasteiger partial charge in [0.2, 0.25) is 5.89 Å². The molecule has 1 aromatic heterocycles. The van der Waals surface area contributed by atoms with Crippen LogP contribution in [-0.4, -0.2) is 29.1 Å². The quantitative estimate of drug-likeness (QED) is 0.863. The maximum atomic E-state index is 6.06. The summed E-state index contributed by atoms with van der Waals surface area (Å²) in [5, 5.41) is 3.91. The molecule has 0 saturated carbocycles. The van der Waals surface area contributed by atoms with Crippen molar-refractivity contribution in [1.29, 1.82) is 0 Å². The molecular formula is C13H18N4O. The first kappa shape index (κ1) is 12.7. The molecule has 1 atom stereocenters. The Hall–Kier alpha value is -1.72. The molecule has 0 unspecified atom stereocenters. The first-order valence-electron chi connectivity index (χ1n) is 5.92. The molecule has 2 rings (SSSR count). The van der Waals surface area contributed by atoms with E-state index in [1.54, 1.807) is 0 Å². The minimum atomic E-state index is -0.254. The minimum absolute atomic E-state index is 0.254. The Labute approximate surface area is 107 Å². The number of nitrogens with zero attached hydrogens (tertiary/aromatic N) is 3. The summed E-state index contributed by atoms with van der Waals surface area (Å²) in [6.07, 6.45) is 0.699. The fourth-order valence-corrected chi connectivity index (χ4v) is 1.72. The van der Waals surface area contributed by atoms with Crippen LogP contribution in [0.15, 0.2) is 34.9 Å². The topological polar surface area (TPSA) is 68.2 Å². The van der Waals surface area contributed by atoms with Gasteiger partial charge < -0.3 is 15.2 Å². The lowest BCUT2D eigenvalue weighted by molar-refractivity contribution is 0.336. The number of rotatable bonds is 5. The van der Waals surface area contributed by atoms with E-state index in [1.165, 1.54) is 0 Å². The Morgan fingerprint density at radius 2 is 2.00 bits per heavy atom. The Morgan fingerprint density at radius 1 is 1.28 bits per heavy atom. The van der Waals surface area contributed by atoms with E-state index in [1.807, 2.05) is 49.3 Å². The van der Waals surface area contributed by atoms with Crippen LogP contribution in [0.1, 0.15) is 23.3 Å². The van der Waals surface area contributed by atoms with Gasteiger partial charge in [0, 0.05) is 0 Å². The highest BCUT2D eigenvalue weighted by Crippen LogP contribution is 2.14. The molecule has 0 aliphatic carbocycles. The van der Waals surface area contributed by atoms with Crippen molar-refractivity contribution in [2.75, 3.05) is 14.1 Å². The monoisotopic (exact) mass is 246 g/mol. The van der Waals surface area contributed by atoms with E-state index in [9.17, 15) is 0 Å². The van der Waals surface area contributed by atoms with E-state index in [-0.39, 0.29) is 6.04 Å². The molecule has 0 fully saturated rings. The van der Waals surface area contributed by atoms with Gasteiger partial charge in [-0.2, -0.15) is 4.98 Å². The van der Waals surface area contributed by atoms with Gasteiger partial charge in [-0.15, -0.1) is 0 Å². The third-order valence-corrected chi connectivity index (χ3v) is 2.56. The number of aromatic nitrogens is 2. The second-order valence-corrected chi connectivity index (χ2v) is 4.58. The van der Waals surface area contributed by atoms with Gasteiger partial charge in [0.15, 0.2) is 5.82 Å². The van der Waals surface area contributed by atoms with Gasteiger partial charge in [0.25, 0.3) is 0 Å². The molecule has 1 aromatic carbocycles. The largest absolute Gasteiger partial charge is 0.338 e. The number of nitrogens with two attached hydrogens (primary N) is 1. The van der Waals surface area contributed by atoms with E-state index in [4.69, 9.17) is 10.3 Å². The van der Waals surface area contributed by atoms with Crippen molar-refractivity contribution < 1.29 is 4.52 Å². The molecule has 0 saturated heterocycles. The van der Waals surface area contributed by atoms with Gasteiger partial charge in [-0.3, -0.25) is 0 Å². The molecule has 96 valence electrons. The van der Waals surface area contributed by atoms with Gasteiger partial charge in [0.05, 0.1) is 12.6 Å². The molecule has 0 amide bonds. The van der Waals surface area contributed by atoms with Crippen LogP contribution in [0.3, 0.4) is 0 Å². The fourth-order valence-electron chi connectivity index (χ4n) is 1.72. The van der Waals surface area contributed by atoms with Crippen LogP contribution in [0.4, 0.5) is 0 Å². The van der Waals surface area contributed by atoms with Crippen LogP contribution in [0.5, 0.6) is 0 Å². The van der Waals surface area contributed by atoms with Crippen LogP contribution in [0.2, 0.25) is 0 Å². The maximum absolute atomic E-state index is 6.06. The van der Waals surface area contributed by atoms with Crippen molar-refractivity contribution in [2.24, 2.45) is 5.73 Å². The highest BCUT2D eigenvalue weighted by Gasteiger charge is 2.15. The molecule has 0 bridgehead atoms. The van der Waals surface area contributed by atoms with Crippen molar-refractivity contribution in [3.05, 3.63) is 47.6 Å². The Bertz CT molecular complexity index is 481. The minimum Gasteiger partial charge on any atom is -0.338 e. The SMILES string of the molecule is CN(C)Cc1noc([C@@H](N)Cc2ccccc2)n1. The second kappa shape index (κ2) is 5.75. The molecule has 0 aliphatic heterocycles. The van der Waals surface area contributed by atoms with E-state index >= 15 is 0 Å². The average molecular weight is 246 g/mol. The highest BCUT2D eigenvalue weighted by molar-refractivity contribution is 5.16. The fraction of sp³-hybridized carbons (Fsp3) is 0.385. The zero-order valence-electron chi connectivity index (χ0n) is 10.7. The van der Waals surface area contributed by atoms with Gasteiger partial charge in [-0.05, 0) is 26.1 Å². The zero-order valence-corrected chi connectivity index (χ0v) is 10.7. The molecule has 0 radical (unpaired) electrons. The second-order valence-electron chi connectivity index (χ2n) is 4.58. The predicted octanol–water partition coefficient (Wildman–Crippen LogP) is 1.37. The van der Waals surface area contributed by atoms with Crippen molar-refractivity contribution >= 4 is 0 Å². The van der Waals surface area contributed by atoms with Crippen molar-refractivity contribution in [2.45, 2.75) is 19.0 Å². The smallest absolute Gasteiger partial charge is 0.243 e. The predicted molar refractivity (Wildman–Crippen MR) is 68.8 cm³/mol. The third kappa shape index (κ3) is 3.38. The number of hydrogen-bond acceptors (Lipinski definition) is 5. The summed E-state index contributed by atoms with van der Waals surface area (Å²) < 4.78 is 5.19. The highest BCUT2D eigenvalue weighted by atomic mass is 16.5. The van der Waals surface area contributed by atoms with Crippen LogP contribution < -0.4 is 5.73 Å². The van der Waals surface area contributed by atoms with Crippen molar-refractivity contribution in [3.63, 3.8) is 0 Å². The van der Waals surface area contributed by atoms with Gasteiger partial charge in [-0.1, -0.05) is 35.5 Å². The van der Waals surface area contributed by atoms with E-state index in [0.717, 1.165) is 5.56 Å². The van der Waals surface area contributed by atoms with Crippen LogP contribution in [0.25, 0.3) is 0 Å². The number of hydrogen-bond donors (Lipinski definition) is 1. The van der Waals surface area contributed by atoms with Gasteiger partial charge in [-0.25, -0.2) is 0 Å². The maximum Gasteiger partial charge on any atom is 0.243 e. The standard InChI is InChI=1S/C13H18N4O/c1-17(2)9-12-15-13(18-16-12)11(14)8-10-6-4-3-5-7-10/h3-7,11H,8-9,14H2,1-2H3/t11-/m0/s1. The van der Waals surface area contributed by atoms with Crippen LogP contribution in [-0.2, 0) is 13.0 Å². The third-order valence-electron chi connectivity index (χ3n) is 2.56. The summed E-state index contributed by atoms with van der Waals surface area (Å²) in [4.78, 5) is 6.29. The van der Waals surface area contributed by atoms with E-state index in [0.29, 0.717) is 24.7 Å². The Kier molecular flexibility index (Phi) is 4.07. The summed E-state index contributed by atoms with van der Waals surface area (Å²) in [7, 11) is 3.92. The molecule has 5 nitrogen and oxygen atoms in total. The molecular weight excluding hydrogens is 228 g/mol. The average Bonchev–Trinajstić information content (AvgIpc) is 2.78. The first-order chi connectivity index (χ1) is 8.65. The molecule has 2 aromatic rings. The molecule has 0 aliphatic rings. The molecule has 18 heavy (non-hydrogen) atoms. The molecule has 0 spiro atoms. The van der Waals surface area contributed by atoms with Crippen LogP contribution in [0, 0.1) is 0 Å². The summed E-state index contributed by atoms with van der Waals surface area (Å²) in [5.74, 6) is 1.16. The van der Waals surface area contributed by atoms with E-state index < -0.39 is 0 Å². The molecule has 2 N–H and O–H groups in total. The molecule has 1 heterocycles. The van der Waals surface area contributed by atoms with Crippen molar-refractivity contribution in [3.8, 4) is 0 Å². The Morgan fingerprint density at radius 3 is 2.67 bits per heavy atom. The number of benzene rings is 1. The molecule has 5 heteroatoms. The lowest BCUT2D eigenvalue weighted by atomic mass is 10.1. The van der Waals surface area contributed by atoms with Crippen LogP contribution >= 0.6 is 0 Å². The van der Waals surface area contributed by atoms with E-state index in [2.05, 4.69) is 10.1 Å². The first-order valence-corrected chi connectivity index (χ1v) is 5.92. The summed E-state index contributed by atoms with van der Waals surface area (Å²) in [6, 6.07) is 9.79. The van der Waals surface area contributed by atoms with Gasteiger partial charge in [0.1, 0.15) is 0 Å². The summed E-state index contributed by atoms with van der Waals surface area (Å²) in [5.41, 5.74) is 7.23. The lowest BCUT2D eigenvalue weighted by Crippen LogP contribution is -2.15. The zero-order chi connectivity index (χ0) is 13.0.